The van der Waals surface area contributed by atoms with Gasteiger partial charge in [-0.25, -0.2) is 0 Å². The zero-order valence-corrected chi connectivity index (χ0v) is 61.4. The van der Waals surface area contributed by atoms with Crippen molar-refractivity contribution in [3.8, 4) is 0 Å². The smallest absolute Gasteiger partial charge is 0.545 e. The van der Waals surface area contributed by atoms with E-state index in [4.69, 9.17) is 75.8 Å². The normalized spacial score (nSPS) is 46.9. The van der Waals surface area contributed by atoms with Crippen LogP contribution in [0.1, 0.15) is 20.7 Å². The Bertz CT molecular complexity index is 3100. The van der Waals surface area contributed by atoms with Crippen LogP contribution in [0.3, 0.4) is 0 Å². The molecule has 30 aliphatic heterocycles. The van der Waals surface area contributed by atoms with Crippen LogP contribution in [0.15, 0.2) is 48.5 Å². The maximum atomic E-state index is 12.2. The number of rotatable bonds is 14. The molecule has 0 saturated carbocycles. The molecule has 600 valence electrons. The van der Waals surface area contributed by atoms with Crippen LogP contribution in [-0.2, 0) is 75.8 Å². The number of carboxylic acids is 2. The topological polar surface area (TPSA) is 697 Å². The van der Waals surface area contributed by atoms with Crippen LogP contribution < -0.4 is 80.0 Å². The van der Waals surface area contributed by atoms with Gasteiger partial charge in [0, 0.05) is 35.6 Å². The molecule has 46 heteroatoms. The second-order valence-corrected chi connectivity index (χ2v) is 26.5. The fourth-order valence-electron chi connectivity index (χ4n) is 14.0. The molecule has 0 amide bonds. The van der Waals surface area contributed by atoms with Gasteiger partial charge in [0.25, 0.3) is 0 Å². The predicted molar refractivity (Wildman–Crippen MR) is 325 cm³/mol. The van der Waals surface area contributed by atoms with Crippen molar-refractivity contribution in [2.75, 3.05) is 63.4 Å². The first-order chi connectivity index (χ1) is 50.6. The molecule has 2 aromatic carbocycles. The van der Waals surface area contributed by atoms with E-state index in [-0.39, 0.29) is 70.5 Å². The molecule has 24 N–H and O–H groups in total. The maximum Gasteiger partial charge on any atom is 1.00 e. The average Bonchev–Trinajstić information content (AvgIpc) is 0.774. The third-order valence-corrected chi connectivity index (χ3v) is 19.8. The van der Waals surface area contributed by atoms with Gasteiger partial charge in [0.1, 0.15) is 195 Å². The van der Waals surface area contributed by atoms with E-state index in [0.717, 1.165) is 12.1 Å². The molecule has 108 heavy (non-hydrogen) atoms. The summed E-state index contributed by atoms with van der Waals surface area (Å²) >= 11 is 0. The molecule has 2 aromatic rings. The summed E-state index contributed by atoms with van der Waals surface area (Å²) in [7, 11) is 0. The molecule has 0 spiro atoms. The van der Waals surface area contributed by atoms with Crippen LogP contribution in [0.2, 0.25) is 0 Å². The number of ether oxygens (including phenoxy) is 16. The van der Waals surface area contributed by atoms with Gasteiger partial charge in [-0.15, -0.1) is 0 Å². The first-order valence-corrected chi connectivity index (χ1v) is 33.7. The minimum atomic E-state index is -2.36. The van der Waals surface area contributed by atoms with Crippen molar-refractivity contribution in [3.05, 3.63) is 59.7 Å². The number of anilines is 2. The zero-order valence-electron chi connectivity index (χ0n) is 57.4. The van der Waals surface area contributed by atoms with Crippen LogP contribution in [-0.4, -0.2) is 423 Å². The van der Waals surface area contributed by atoms with Gasteiger partial charge in [-0.05, 0) is 12.1 Å². The Morgan fingerprint density at radius 2 is 0.417 bits per heavy atom. The van der Waals surface area contributed by atoms with E-state index < -0.39 is 321 Å². The minimum Gasteiger partial charge on any atom is -0.545 e. The fourth-order valence-corrected chi connectivity index (χ4v) is 14.0. The number of benzene rings is 2. The molecule has 30 saturated heterocycles. The molecule has 30 heterocycles. The summed E-state index contributed by atoms with van der Waals surface area (Å²) in [5.74, 6) is -3.35. The largest absolute Gasteiger partial charge is 1.00 e. The standard InChI is InChI=1S/C62H90N2O42.2Na/c65-11-23-47-31(73)39(81)57(93-23)99-45-21(9-63-19-7-3-1-5-17(19)53(87)88)92-56(38(80)30(45)72)102-48-24(12-66)95-59(41(83)33(48)75)104-50-26(14-68)97-61(43(85)35(50)77)106-52-28(16-70)98-62(44(86)36(52)78)105-51-27(15-69)96-60(42(84)34(51)76)103-49-25(13-67)94-58(40(82)32(49)74)100-46-22(91-55(101-47)37(79)29(46)71)10-64-20-8-4-2-6-18(20)54(89)90;;/h1-8,21-52,55-86H,9-16H2,(H,87,88)(H,89,90);;/q;2*+1/p-2/t21-,22-,23-,24-,25+,26-,27-,28+,29-,30+,31-,32-,33+,34-,35+,36-,37-,38+,39-,40-,41-,42-,43-,44-,45-,46-,47-,48-,49-,50-,51-,52-,55-,56-,57-,58-,59-,60-,61-,62-;;/m1../s1. The SMILES string of the molecule is O=C([O-])c1ccccc1NC[C@H]1O[C@@H]2O[C@H]3[C@H](O)[C@@H](O)[C@@H](O[C@H]4[C@@H](O)[C@H](O)[C@@H](O[C@H]5[C@@H](O)[C@@H](O)[C@@H](O[C@H]6[C@@H](O)[C@@H](O)[C@@H](O[C@H]7[C@H](O)[C@@H](O)[C@@H](O[C@H]8[C@H](O)[C@@H](O)[C@@H](O[C@H]9[C@H](O)[C@@H](O)[C@@H](O[C@H]1[C@H](O)[C@H]2O)O[C@H]9CO)O[C@@H]8CO)O[C@H]7CO)O[C@@H]6CO)O[C@@H]5CO)O[C@@H]4CNc1ccccc1C(=O)[O-])O[C@@H]3CO.[Na+].[Na+]. The summed E-state index contributed by atoms with van der Waals surface area (Å²) in [5.41, 5.74) is -1.10. The van der Waals surface area contributed by atoms with E-state index in [2.05, 4.69) is 10.6 Å². The number of nitrogens with one attached hydrogen (secondary N) is 2. The predicted octanol–water partition coefficient (Wildman–Crippen LogP) is -22.4. The molecule has 0 aromatic heterocycles. The van der Waals surface area contributed by atoms with E-state index in [1.54, 1.807) is 0 Å². The molecule has 0 radical (unpaired) electrons. The second kappa shape index (κ2) is 38.9. The van der Waals surface area contributed by atoms with Gasteiger partial charge < -0.3 is 219 Å². The molecule has 40 atom stereocenters. The Kier molecular flexibility index (Phi) is 32.2. The van der Waals surface area contributed by atoms with Crippen LogP contribution >= 0.6 is 0 Å². The Hall–Kier alpha value is -2.54. The van der Waals surface area contributed by atoms with Crippen molar-refractivity contribution in [1.29, 1.82) is 0 Å². The van der Waals surface area contributed by atoms with Crippen LogP contribution in [0.4, 0.5) is 11.4 Å². The van der Waals surface area contributed by atoms with Gasteiger partial charge in [-0.3, -0.25) is 0 Å². The molecule has 0 aliphatic carbocycles. The number of carbonyl (C=O) groups excluding carboxylic acids is 2. The molecule has 30 aliphatic rings. The number of aliphatic hydroxyl groups is 22. The van der Waals surface area contributed by atoms with Crippen molar-refractivity contribution in [2.24, 2.45) is 0 Å². The van der Waals surface area contributed by atoms with Gasteiger partial charge in [-0.2, -0.15) is 0 Å². The van der Waals surface area contributed by atoms with Crippen molar-refractivity contribution in [1.82, 2.24) is 0 Å². The number of carboxylic acid groups (broad SMARTS) is 2. The van der Waals surface area contributed by atoms with Crippen molar-refractivity contribution >= 4 is 23.3 Å². The number of para-hydroxylation sites is 2. The molecule has 16 bridgehead atoms. The Morgan fingerprint density at radius 1 is 0.259 bits per heavy atom. The minimum absolute atomic E-state index is 0. The van der Waals surface area contributed by atoms with Gasteiger partial charge in [0.05, 0.1) is 51.6 Å². The number of aromatic carboxylic acids is 2. The van der Waals surface area contributed by atoms with E-state index in [1.165, 1.54) is 36.4 Å². The Balaban J connectivity index is 0.00000673. The molecular weight excluding hydrogens is 1490 g/mol. The fraction of sp³-hybridized carbons (Fsp3) is 0.774. The molecule has 44 nitrogen and oxygen atoms in total. The number of carbonyl (C=O) groups is 2. The van der Waals surface area contributed by atoms with Gasteiger partial charge in [-0.1, -0.05) is 36.4 Å². The summed E-state index contributed by atoms with van der Waals surface area (Å²) < 4.78 is 94.0. The van der Waals surface area contributed by atoms with Crippen LogP contribution in [0.25, 0.3) is 0 Å². The van der Waals surface area contributed by atoms with E-state index >= 15 is 0 Å². The number of hydrogen-bond acceptors (Lipinski definition) is 44. The quantitative estimate of drug-likeness (QED) is 0.0781. The second-order valence-electron chi connectivity index (χ2n) is 26.5. The third kappa shape index (κ3) is 18.6. The summed E-state index contributed by atoms with van der Waals surface area (Å²) in [6.45, 7) is -8.09. The molecule has 30 fully saturated rings. The van der Waals surface area contributed by atoms with Crippen molar-refractivity contribution in [2.45, 2.75) is 246 Å². The van der Waals surface area contributed by atoms with Gasteiger partial charge >= 0.3 is 59.1 Å². The molecule has 32 rings (SSSR count). The summed E-state index contributed by atoms with van der Waals surface area (Å²) in [5, 5.41) is 281. The Morgan fingerprint density at radius 3 is 0.583 bits per heavy atom. The summed E-state index contributed by atoms with van der Waals surface area (Å²) in [6.07, 6.45) is -84.7. The Labute approximate surface area is 655 Å². The molecule has 0 unspecified atom stereocenters. The van der Waals surface area contributed by atoms with Gasteiger partial charge in [0.15, 0.2) is 50.3 Å². The molecular formula is C62H88N2Na2O42. The number of hydrogen-bond donors (Lipinski definition) is 24. The van der Waals surface area contributed by atoms with E-state index in [9.17, 15) is 132 Å². The summed E-state index contributed by atoms with van der Waals surface area (Å²) in [6, 6.07) is 10.4. The van der Waals surface area contributed by atoms with E-state index in [0.29, 0.717) is 0 Å². The average molecular weight is 1580 g/mol. The van der Waals surface area contributed by atoms with Crippen molar-refractivity contribution in [3.63, 3.8) is 0 Å². The van der Waals surface area contributed by atoms with Crippen LogP contribution in [0, 0.1) is 0 Å². The summed E-state index contributed by atoms with van der Waals surface area (Å²) in [4.78, 5) is 24.4. The van der Waals surface area contributed by atoms with Gasteiger partial charge in [0.2, 0.25) is 0 Å². The van der Waals surface area contributed by atoms with Crippen molar-refractivity contribution < 1.29 is 267 Å². The first-order valence-electron chi connectivity index (χ1n) is 33.7. The maximum absolute atomic E-state index is 12.2. The monoisotopic (exact) mass is 1580 g/mol. The first kappa shape index (κ1) is 89.4. The van der Waals surface area contributed by atoms with E-state index in [1.807, 2.05) is 0 Å². The van der Waals surface area contributed by atoms with Crippen LogP contribution in [0.5, 0.6) is 0 Å². The zero-order chi connectivity index (χ0) is 76.6. The third-order valence-electron chi connectivity index (χ3n) is 19.8. The number of aliphatic hydroxyl groups excluding tert-OH is 22.